The van der Waals surface area contributed by atoms with Gasteiger partial charge in [-0.3, -0.25) is 4.99 Å². The van der Waals surface area contributed by atoms with Gasteiger partial charge in [0.2, 0.25) is 0 Å². The van der Waals surface area contributed by atoms with Crippen molar-refractivity contribution in [2.24, 2.45) is 4.99 Å². The van der Waals surface area contributed by atoms with E-state index in [4.69, 9.17) is 4.74 Å². The van der Waals surface area contributed by atoms with Crippen LogP contribution in [0.15, 0.2) is 4.99 Å². The zero-order chi connectivity index (χ0) is 17.5. The Bertz CT molecular complexity index is 402. The maximum atomic E-state index is 12.4. The van der Waals surface area contributed by atoms with E-state index in [-0.39, 0.29) is 12.1 Å². The quantitative estimate of drug-likeness (QED) is 0.616. The van der Waals surface area contributed by atoms with Crippen molar-refractivity contribution in [2.45, 2.75) is 78.5 Å². The SMILES string of the molecule is CCNC(=NCC1CCCCN1C(=O)OC(C)(C)C)NC(C)C. The molecule has 134 valence electrons. The van der Waals surface area contributed by atoms with E-state index in [0.717, 1.165) is 38.3 Å². The Labute approximate surface area is 141 Å². The lowest BCUT2D eigenvalue weighted by atomic mass is 10.0. The van der Waals surface area contributed by atoms with Gasteiger partial charge in [0.05, 0.1) is 12.6 Å². The molecule has 23 heavy (non-hydrogen) atoms. The van der Waals surface area contributed by atoms with Gasteiger partial charge >= 0.3 is 6.09 Å². The third-order valence-corrected chi connectivity index (χ3v) is 3.48. The molecule has 1 heterocycles. The maximum absolute atomic E-state index is 12.4. The topological polar surface area (TPSA) is 66.0 Å². The molecule has 0 aromatic carbocycles. The normalized spacial score (nSPS) is 19.7. The number of aliphatic imine (C=N–C) groups is 1. The third-order valence-electron chi connectivity index (χ3n) is 3.48. The molecular weight excluding hydrogens is 292 g/mol. The van der Waals surface area contributed by atoms with Crippen molar-refractivity contribution in [3.63, 3.8) is 0 Å². The van der Waals surface area contributed by atoms with Crippen LogP contribution in [0, 0.1) is 0 Å². The maximum Gasteiger partial charge on any atom is 0.410 e. The van der Waals surface area contributed by atoms with Gasteiger partial charge in [0.25, 0.3) is 0 Å². The first-order chi connectivity index (χ1) is 10.7. The van der Waals surface area contributed by atoms with Gasteiger partial charge < -0.3 is 20.3 Å². The summed E-state index contributed by atoms with van der Waals surface area (Å²) in [7, 11) is 0. The van der Waals surface area contributed by atoms with Gasteiger partial charge in [-0.1, -0.05) is 0 Å². The van der Waals surface area contributed by atoms with Gasteiger partial charge in [0.1, 0.15) is 5.60 Å². The number of carbonyl (C=O) groups is 1. The standard InChI is InChI=1S/C17H34N4O2/c1-7-18-15(20-13(2)3)19-12-14-10-8-9-11-21(14)16(22)23-17(4,5)6/h13-14H,7-12H2,1-6H3,(H2,18,19,20). The largest absolute Gasteiger partial charge is 0.444 e. The summed E-state index contributed by atoms with van der Waals surface area (Å²) in [5.41, 5.74) is -0.462. The molecule has 2 N–H and O–H groups in total. The molecule has 6 heteroatoms. The van der Waals surface area contributed by atoms with Crippen molar-refractivity contribution in [3.05, 3.63) is 0 Å². The fourth-order valence-corrected chi connectivity index (χ4v) is 2.54. The zero-order valence-corrected chi connectivity index (χ0v) is 15.6. The second-order valence-electron chi connectivity index (χ2n) is 7.34. The van der Waals surface area contributed by atoms with Crippen LogP contribution < -0.4 is 10.6 Å². The molecular formula is C17H34N4O2. The molecule has 1 amide bonds. The molecule has 1 fully saturated rings. The van der Waals surface area contributed by atoms with Crippen LogP contribution in [0.5, 0.6) is 0 Å². The second kappa shape index (κ2) is 8.99. The smallest absolute Gasteiger partial charge is 0.410 e. The van der Waals surface area contributed by atoms with E-state index >= 15 is 0 Å². The number of likely N-dealkylation sites (tertiary alicyclic amines) is 1. The number of hydrogen-bond acceptors (Lipinski definition) is 3. The lowest BCUT2D eigenvalue weighted by Crippen LogP contribution is -2.48. The van der Waals surface area contributed by atoms with Crippen LogP contribution in [-0.2, 0) is 4.74 Å². The molecule has 1 rings (SSSR count). The van der Waals surface area contributed by atoms with Gasteiger partial charge in [0, 0.05) is 19.1 Å². The lowest BCUT2D eigenvalue weighted by Gasteiger charge is -2.36. The number of rotatable bonds is 4. The van der Waals surface area contributed by atoms with Crippen LogP contribution >= 0.6 is 0 Å². The number of hydrogen-bond donors (Lipinski definition) is 2. The van der Waals surface area contributed by atoms with Gasteiger partial charge in [-0.05, 0) is 60.8 Å². The minimum atomic E-state index is -0.462. The summed E-state index contributed by atoms with van der Waals surface area (Å²) in [4.78, 5) is 18.9. The van der Waals surface area contributed by atoms with Crippen molar-refractivity contribution in [2.75, 3.05) is 19.6 Å². The molecule has 0 saturated carbocycles. The summed E-state index contributed by atoms with van der Waals surface area (Å²) in [6.07, 6.45) is 2.92. The molecule has 0 bridgehead atoms. The van der Waals surface area contributed by atoms with Crippen LogP contribution in [0.1, 0.15) is 60.8 Å². The highest BCUT2D eigenvalue weighted by Crippen LogP contribution is 2.20. The highest BCUT2D eigenvalue weighted by atomic mass is 16.6. The summed E-state index contributed by atoms with van der Waals surface area (Å²) < 4.78 is 5.53. The summed E-state index contributed by atoms with van der Waals surface area (Å²) in [5.74, 6) is 0.803. The number of piperidine rings is 1. The summed E-state index contributed by atoms with van der Waals surface area (Å²) in [6, 6.07) is 0.433. The molecule has 1 atom stereocenters. The average Bonchev–Trinajstić information content (AvgIpc) is 2.43. The molecule has 0 aliphatic carbocycles. The average molecular weight is 326 g/mol. The Morgan fingerprint density at radius 1 is 1.35 bits per heavy atom. The second-order valence-corrected chi connectivity index (χ2v) is 7.34. The van der Waals surface area contributed by atoms with Crippen LogP contribution in [0.4, 0.5) is 4.79 Å². The lowest BCUT2D eigenvalue weighted by molar-refractivity contribution is 0.0109. The molecule has 1 saturated heterocycles. The number of carbonyl (C=O) groups excluding carboxylic acids is 1. The first kappa shape index (κ1) is 19.6. The van der Waals surface area contributed by atoms with Crippen LogP contribution in [0.2, 0.25) is 0 Å². The zero-order valence-electron chi connectivity index (χ0n) is 15.6. The third kappa shape index (κ3) is 7.57. The van der Waals surface area contributed by atoms with Crippen molar-refractivity contribution in [1.82, 2.24) is 15.5 Å². The molecule has 1 aliphatic heterocycles. The van der Waals surface area contributed by atoms with E-state index in [1.54, 1.807) is 0 Å². The Kier molecular flexibility index (Phi) is 7.65. The Hall–Kier alpha value is -1.46. The van der Waals surface area contributed by atoms with Crippen LogP contribution in [-0.4, -0.2) is 54.3 Å². The predicted octanol–water partition coefficient (Wildman–Crippen LogP) is 2.74. The van der Waals surface area contributed by atoms with E-state index in [1.165, 1.54) is 0 Å². The van der Waals surface area contributed by atoms with Gasteiger partial charge in [-0.15, -0.1) is 0 Å². The molecule has 0 radical (unpaired) electrons. The van der Waals surface area contributed by atoms with Gasteiger partial charge in [-0.2, -0.15) is 0 Å². The molecule has 6 nitrogen and oxygen atoms in total. The Morgan fingerprint density at radius 2 is 2.04 bits per heavy atom. The number of guanidine groups is 1. The highest BCUT2D eigenvalue weighted by molar-refractivity contribution is 5.80. The molecule has 1 aliphatic rings. The van der Waals surface area contributed by atoms with E-state index in [2.05, 4.69) is 29.5 Å². The summed E-state index contributed by atoms with van der Waals surface area (Å²) in [5, 5.41) is 6.55. The number of amides is 1. The summed E-state index contributed by atoms with van der Waals surface area (Å²) in [6.45, 7) is 14.1. The molecule has 0 spiro atoms. The predicted molar refractivity (Wildman–Crippen MR) is 94.8 cm³/mol. The van der Waals surface area contributed by atoms with Crippen molar-refractivity contribution in [1.29, 1.82) is 0 Å². The Balaban J connectivity index is 2.71. The van der Waals surface area contributed by atoms with Crippen LogP contribution in [0.3, 0.4) is 0 Å². The van der Waals surface area contributed by atoms with Crippen molar-refractivity contribution >= 4 is 12.1 Å². The minimum Gasteiger partial charge on any atom is -0.444 e. The number of ether oxygens (including phenoxy) is 1. The summed E-state index contributed by atoms with van der Waals surface area (Å²) >= 11 is 0. The first-order valence-corrected chi connectivity index (χ1v) is 8.77. The molecule has 0 aromatic heterocycles. The van der Waals surface area contributed by atoms with Crippen LogP contribution in [0.25, 0.3) is 0 Å². The van der Waals surface area contributed by atoms with E-state index in [1.807, 2.05) is 32.6 Å². The van der Waals surface area contributed by atoms with E-state index in [9.17, 15) is 4.79 Å². The Morgan fingerprint density at radius 3 is 2.61 bits per heavy atom. The molecule has 0 aromatic rings. The minimum absolute atomic E-state index is 0.112. The number of nitrogens with one attached hydrogen (secondary N) is 2. The van der Waals surface area contributed by atoms with E-state index < -0.39 is 5.60 Å². The molecule has 1 unspecified atom stereocenters. The van der Waals surface area contributed by atoms with Gasteiger partial charge in [0.15, 0.2) is 5.96 Å². The van der Waals surface area contributed by atoms with Crippen molar-refractivity contribution in [3.8, 4) is 0 Å². The van der Waals surface area contributed by atoms with Gasteiger partial charge in [-0.25, -0.2) is 4.79 Å². The fraction of sp³-hybridized carbons (Fsp3) is 0.882. The van der Waals surface area contributed by atoms with Crippen molar-refractivity contribution < 1.29 is 9.53 Å². The number of nitrogens with zero attached hydrogens (tertiary/aromatic N) is 2. The fourth-order valence-electron chi connectivity index (χ4n) is 2.54. The highest BCUT2D eigenvalue weighted by Gasteiger charge is 2.30. The first-order valence-electron chi connectivity index (χ1n) is 8.77. The monoisotopic (exact) mass is 326 g/mol. The van der Waals surface area contributed by atoms with E-state index in [0.29, 0.717) is 12.6 Å².